The molecule has 4 heterocycles. The van der Waals surface area contributed by atoms with E-state index in [0.717, 1.165) is 42.1 Å². The molecule has 5 rings (SSSR count). The largest absolute Gasteiger partial charge is 0.495 e. The van der Waals surface area contributed by atoms with Crippen LogP contribution in [-0.4, -0.2) is 57.6 Å². The third-order valence-electron chi connectivity index (χ3n) is 6.49. The van der Waals surface area contributed by atoms with Gasteiger partial charge in [-0.1, -0.05) is 6.07 Å². The molecule has 2 aliphatic heterocycles. The van der Waals surface area contributed by atoms with Gasteiger partial charge in [-0.25, -0.2) is 9.78 Å². The van der Waals surface area contributed by atoms with E-state index in [1.54, 1.807) is 6.07 Å². The number of aryl methyl sites for hydroxylation is 1. The molecule has 10 nitrogen and oxygen atoms in total. The van der Waals surface area contributed by atoms with Gasteiger partial charge in [0.1, 0.15) is 29.7 Å². The van der Waals surface area contributed by atoms with Crippen molar-refractivity contribution in [2.24, 2.45) is 0 Å². The van der Waals surface area contributed by atoms with E-state index in [4.69, 9.17) is 9.47 Å². The molecule has 1 aromatic carbocycles. The molecule has 0 amide bonds. The Morgan fingerprint density at radius 1 is 1.32 bits per heavy atom. The molecule has 0 saturated carbocycles. The van der Waals surface area contributed by atoms with Crippen molar-refractivity contribution in [1.82, 2.24) is 30.2 Å². The second-order valence-corrected chi connectivity index (χ2v) is 8.50. The smallest absolute Gasteiger partial charge is 0.338 e. The molecular formula is C24H25N7O3. The van der Waals surface area contributed by atoms with Gasteiger partial charge in [0.05, 0.1) is 24.6 Å². The molecule has 0 aliphatic carbocycles. The first-order chi connectivity index (χ1) is 16.5. The number of rotatable bonds is 5. The van der Waals surface area contributed by atoms with Gasteiger partial charge in [0.15, 0.2) is 5.82 Å². The summed E-state index contributed by atoms with van der Waals surface area (Å²) in [5, 5.41) is 22.0. The lowest BCUT2D eigenvalue weighted by Gasteiger charge is -2.34. The van der Waals surface area contributed by atoms with Gasteiger partial charge in [0, 0.05) is 43.9 Å². The molecule has 10 heteroatoms. The van der Waals surface area contributed by atoms with E-state index in [9.17, 15) is 10.1 Å². The molecule has 3 aromatic rings. The molecule has 1 fully saturated rings. The third kappa shape index (κ3) is 3.89. The van der Waals surface area contributed by atoms with Crippen LogP contribution < -0.4 is 10.1 Å². The third-order valence-corrected chi connectivity index (χ3v) is 6.49. The Kier molecular flexibility index (Phi) is 5.73. The zero-order valence-corrected chi connectivity index (χ0v) is 19.3. The average Bonchev–Trinajstić information content (AvgIpc) is 3.42. The van der Waals surface area contributed by atoms with Crippen LogP contribution in [0.25, 0.3) is 5.82 Å². The van der Waals surface area contributed by atoms with Gasteiger partial charge in [0.2, 0.25) is 0 Å². The lowest BCUT2D eigenvalue weighted by atomic mass is 9.93. The van der Waals surface area contributed by atoms with Crippen LogP contribution in [0.4, 0.5) is 0 Å². The fourth-order valence-electron chi connectivity index (χ4n) is 4.57. The summed E-state index contributed by atoms with van der Waals surface area (Å²) < 4.78 is 10.5. The Bertz CT molecular complexity index is 1310. The van der Waals surface area contributed by atoms with Gasteiger partial charge in [-0.3, -0.25) is 4.90 Å². The summed E-state index contributed by atoms with van der Waals surface area (Å²) in [7, 11) is 1.52. The normalized spacial score (nSPS) is 17.8. The molecule has 1 saturated heterocycles. The highest BCUT2D eigenvalue weighted by Crippen LogP contribution is 2.30. The molecule has 0 bridgehead atoms. The number of carbonyl (C=O) groups is 1. The summed E-state index contributed by atoms with van der Waals surface area (Å²) in [5.41, 5.74) is 6.03. The van der Waals surface area contributed by atoms with Gasteiger partial charge in [-0.15, -0.1) is 4.80 Å². The number of benzene rings is 1. The van der Waals surface area contributed by atoms with Gasteiger partial charge in [0.25, 0.3) is 0 Å². The Hall–Kier alpha value is -3.81. The molecule has 34 heavy (non-hydrogen) atoms. The van der Waals surface area contributed by atoms with Crippen molar-refractivity contribution in [3.05, 3.63) is 63.6 Å². The van der Waals surface area contributed by atoms with Crippen LogP contribution in [0.2, 0.25) is 0 Å². The summed E-state index contributed by atoms with van der Waals surface area (Å²) in [6.07, 6.45) is 1.46. The zero-order valence-electron chi connectivity index (χ0n) is 19.3. The second kappa shape index (κ2) is 8.85. The standard InChI is InChI=1S/C24H25N7O3/c1-14-17(4-5-18-19(14)13-34-24(18)32)21-12-30(7-6-26-21)11-20-15(2)28-31(29-20)23-8-22(33-3)16(9-25)10-27-23/h4-5,8,10,21,26H,6-7,11-13H2,1-3H3/t21-/m0/s1. The van der Waals surface area contributed by atoms with Crippen LogP contribution in [-0.2, 0) is 17.9 Å². The van der Waals surface area contributed by atoms with E-state index >= 15 is 0 Å². The van der Waals surface area contributed by atoms with Crippen LogP contribution >= 0.6 is 0 Å². The number of nitrogens with one attached hydrogen (secondary N) is 1. The number of fused-ring (bicyclic) bond motifs is 1. The van der Waals surface area contributed by atoms with Crippen molar-refractivity contribution in [3.63, 3.8) is 0 Å². The van der Waals surface area contributed by atoms with Gasteiger partial charge >= 0.3 is 5.97 Å². The van der Waals surface area contributed by atoms with E-state index in [0.29, 0.717) is 35.8 Å². The number of ether oxygens (including phenoxy) is 2. The number of piperazine rings is 1. The molecule has 2 aromatic heterocycles. The van der Waals surface area contributed by atoms with Crippen molar-refractivity contribution in [3.8, 4) is 17.6 Å². The van der Waals surface area contributed by atoms with Gasteiger partial charge < -0.3 is 14.8 Å². The molecule has 0 unspecified atom stereocenters. The first-order valence-electron chi connectivity index (χ1n) is 11.1. The molecule has 1 atom stereocenters. The van der Waals surface area contributed by atoms with Crippen molar-refractivity contribution >= 4 is 5.97 Å². The number of aromatic nitrogens is 4. The Morgan fingerprint density at radius 2 is 2.18 bits per heavy atom. The van der Waals surface area contributed by atoms with Crippen LogP contribution in [0, 0.1) is 25.2 Å². The first-order valence-corrected chi connectivity index (χ1v) is 11.1. The summed E-state index contributed by atoms with van der Waals surface area (Å²) in [4.78, 5) is 20.0. The number of pyridine rings is 1. The van der Waals surface area contributed by atoms with E-state index < -0.39 is 0 Å². The van der Waals surface area contributed by atoms with Crippen molar-refractivity contribution < 1.29 is 14.3 Å². The van der Waals surface area contributed by atoms with Crippen LogP contribution in [0.3, 0.4) is 0 Å². The highest BCUT2D eigenvalue weighted by Gasteiger charge is 2.28. The van der Waals surface area contributed by atoms with Gasteiger partial charge in [-0.05, 0) is 31.0 Å². The molecular weight excluding hydrogens is 434 g/mol. The lowest BCUT2D eigenvalue weighted by Crippen LogP contribution is -2.45. The second-order valence-electron chi connectivity index (χ2n) is 8.50. The zero-order chi connectivity index (χ0) is 23.8. The number of hydrogen-bond acceptors (Lipinski definition) is 9. The number of nitrogens with zero attached hydrogens (tertiary/aromatic N) is 6. The SMILES string of the molecule is COc1cc(-n2nc(C)c(CN3CCN[C@H](c4ccc5c(c4C)COC5=O)C3)n2)ncc1C#N. The van der Waals surface area contributed by atoms with E-state index in [1.165, 1.54) is 23.7 Å². The summed E-state index contributed by atoms with van der Waals surface area (Å²) in [5.74, 6) is 0.690. The van der Waals surface area contributed by atoms with Crippen molar-refractivity contribution in [1.29, 1.82) is 5.26 Å². The number of esters is 1. The summed E-state index contributed by atoms with van der Waals surface area (Å²) >= 11 is 0. The summed E-state index contributed by atoms with van der Waals surface area (Å²) in [6.45, 7) is 7.54. The number of hydrogen-bond donors (Lipinski definition) is 1. The van der Waals surface area contributed by atoms with Crippen LogP contribution in [0.15, 0.2) is 24.4 Å². The number of nitriles is 1. The van der Waals surface area contributed by atoms with E-state index in [2.05, 4.69) is 38.4 Å². The minimum absolute atomic E-state index is 0.148. The van der Waals surface area contributed by atoms with Crippen molar-refractivity contribution in [2.45, 2.75) is 33.0 Å². The molecule has 0 radical (unpaired) electrons. The lowest BCUT2D eigenvalue weighted by molar-refractivity contribution is 0.0535. The van der Waals surface area contributed by atoms with Gasteiger partial charge in [-0.2, -0.15) is 15.5 Å². The highest BCUT2D eigenvalue weighted by molar-refractivity contribution is 5.94. The Morgan fingerprint density at radius 3 is 2.97 bits per heavy atom. The number of cyclic esters (lactones) is 1. The highest BCUT2D eigenvalue weighted by atomic mass is 16.5. The summed E-state index contributed by atoms with van der Waals surface area (Å²) in [6, 6.07) is 7.78. The average molecular weight is 460 g/mol. The minimum atomic E-state index is -0.240. The Balaban J connectivity index is 1.34. The van der Waals surface area contributed by atoms with E-state index in [-0.39, 0.29) is 12.0 Å². The Labute approximate surface area is 197 Å². The van der Waals surface area contributed by atoms with Crippen LogP contribution in [0.1, 0.15) is 50.0 Å². The quantitative estimate of drug-likeness (QED) is 0.571. The predicted molar refractivity (Wildman–Crippen MR) is 121 cm³/mol. The predicted octanol–water partition coefficient (Wildman–Crippen LogP) is 1.98. The van der Waals surface area contributed by atoms with Crippen LogP contribution in [0.5, 0.6) is 5.75 Å². The van der Waals surface area contributed by atoms with Crippen molar-refractivity contribution in [2.75, 3.05) is 26.7 Å². The molecule has 174 valence electrons. The number of carbonyl (C=O) groups excluding carboxylic acids is 1. The molecule has 0 spiro atoms. The fourth-order valence-corrected chi connectivity index (χ4v) is 4.57. The fraction of sp³-hybridized carbons (Fsp3) is 0.375. The molecule has 1 N–H and O–H groups in total. The monoisotopic (exact) mass is 459 g/mol. The first kappa shape index (κ1) is 22.0. The minimum Gasteiger partial charge on any atom is -0.495 e. The maximum absolute atomic E-state index is 11.9. The number of methoxy groups -OCH3 is 1. The topological polar surface area (TPSA) is 118 Å². The maximum atomic E-state index is 11.9. The molecule has 2 aliphatic rings. The maximum Gasteiger partial charge on any atom is 0.338 e. The van der Waals surface area contributed by atoms with E-state index in [1.807, 2.05) is 19.1 Å².